The van der Waals surface area contributed by atoms with Gasteiger partial charge in [0.1, 0.15) is 18.0 Å². The maximum atomic E-state index is 11.8. The van der Waals surface area contributed by atoms with Crippen molar-refractivity contribution >= 4 is 8.32 Å². The Labute approximate surface area is 226 Å². The van der Waals surface area contributed by atoms with Crippen LogP contribution >= 0.6 is 0 Å². The summed E-state index contributed by atoms with van der Waals surface area (Å²) >= 11 is 0. The fourth-order valence-electron chi connectivity index (χ4n) is 7.45. The first kappa shape index (κ1) is 27.3. The SMILES string of the molecule is CC(C)(C)[Si](C)(C)Oc1ccc2c(c1)CC[C@@H]1[C@@H]2CC[C@@]2(C)[C@H]1CC[C@@]2(O)C#CCOC1CCCCO1. The molecule has 1 heterocycles. The lowest BCUT2D eigenvalue weighted by Crippen LogP contribution is -2.50. The Bertz CT molecular complexity index is 1040. The molecule has 1 aromatic carbocycles. The number of aliphatic hydroxyl groups is 1. The average Bonchev–Trinajstić information content (AvgIpc) is 3.12. The molecule has 1 aliphatic heterocycles. The van der Waals surface area contributed by atoms with Crippen LogP contribution in [-0.4, -0.2) is 38.5 Å². The van der Waals surface area contributed by atoms with Crippen LogP contribution < -0.4 is 4.43 Å². The van der Waals surface area contributed by atoms with Crippen molar-refractivity contribution in [1.82, 2.24) is 0 Å². The van der Waals surface area contributed by atoms with Crippen molar-refractivity contribution in [3.63, 3.8) is 0 Å². The molecule has 1 aromatic rings. The van der Waals surface area contributed by atoms with Gasteiger partial charge in [-0.3, -0.25) is 0 Å². The van der Waals surface area contributed by atoms with E-state index in [9.17, 15) is 5.11 Å². The number of hydrogen-bond donors (Lipinski definition) is 1. The first-order valence-electron chi connectivity index (χ1n) is 14.7. The molecule has 2 saturated carbocycles. The van der Waals surface area contributed by atoms with Crippen LogP contribution in [0.4, 0.5) is 0 Å². The third-order valence-electron chi connectivity index (χ3n) is 10.8. The van der Waals surface area contributed by atoms with Crippen LogP contribution in [0, 0.1) is 29.1 Å². The lowest BCUT2D eigenvalue weighted by Gasteiger charge is -2.52. The number of aryl methyl sites for hydroxylation is 1. The summed E-state index contributed by atoms with van der Waals surface area (Å²) < 4.78 is 18.1. The van der Waals surface area contributed by atoms with E-state index in [1.165, 1.54) is 17.5 Å². The summed E-state index contributed by atoms with van der Waals surface area (Å²) in [5, 5.41) is 12.0. The maximum absolute atomic E-state index is 11.8. The molecule has 0 aromatic heterocycles. The van der Waals surface area contributed by atoms with Crippen LogP contribution in [0.25, 0.3) is 0 Å². The second-order valence-corrected chi connectivity index (χ2v) is 18.6. The summed E-state index contributed by atoms with van der Waals surface area (Å²) in [5.41, 5.74) is 1.95. The van der Waals surface area contributed by atoms with Crippen LogP contribution in [0.3, 0.4) is 0 Å². The molecule has 1 saturated heterocycles. The van der Waals surface area contributed by atoms with E-state index in [1.807, 2.05) is 0 Å². The predicted molar refractivity (Wildman–Crippen MR) is 151 cm³/mol. The van der Waals surface area contributed by atoms with Crippen molar-refractivity contribution in [2.45, 2.75) is 121 Å². The first-order chi connectivity index (χ1) is 17.4. The fourth-order valence-corrected chi connectivity index (χ4v) is 8.47. The van der Waals surface area contributed by atoms with Gasteiger partial charge < -0.3 is 19.0 Å². The minimum Gasteiger partial charge on any atom is -0.543 e. The largest absolute Gasteiger partial charge is 0.543 e. The van der Waals surface area contributed by atoms with Crippen molar-refractivity contribution in [3.8, 4) is 17.6 Å². The number of ether oxygens (including phenoxy) is 2. The monoisotopic (exact) mass is 524 g/mol. The van der Waals surface area contributed by atoms with Gasteiger partial charge in [-0.15, -0.1) is 0 Å². The van der Waals surface area contributed by atoms with Crippen LogP contribution in [0.5, 0.6) is 5.75 Å². The van der Waals surface area contributed by atoms with Gasteiger partial charge in [0.25, 0.3) is 0 Å². The molecule has 0 spiro atoms. The van der Waals surface area contributed by atoms with Crippen LogP contribution in [0.15, 0.2) is 18.2 Å². The standard InChI is InChI=1S/C32H48O4Si/c1-30(2,3)37(5,6)36-24-12-14-25-23(22-24)11-13-27-26(25)15-18-31(4)28(27)16-19-32(31,33)17-9-21-35-29-10-7-8-20-34-29/h12,14,22,26-29,33H,7-8,10-11,13,15-16,18-21H2,1-6H3/t26-,27-,28+,29?,31+,32+/m1/s1. The molecule has 37 heavy (non-hydrogen) atoms. The maximum Gasteiger partial charge on any atom is 0.250 e. The molecule has 1 N–H and O–H groups in total. The summed E-state index contributed by atoms with van der Waals surface area (Å²) in [6.45, 7) is 15.0. The molecule has 0 radical (unpaired) electrons. The second kappa shape index (κ2) is 10.0. The summed E-state index contributed by atoms with van der Waals surface area (Å²) in [6.07, 6.45) is 9.39. The van der Waals surface area contributed by atoms with Crippen LogP contribution in [0.2, 0.25) is 18.1 Å². The van der Waals surface area contributed by atoms with Gasteiger partial charge in [-0.25, -0.2) is 0 Å². The molecule has 204 valence electrons. The zero-order valence-electron chi connectivity index (χ0n) is 24.0. The van der Waals surface area contributed by atoms with E-state index in [4.69, 9.17) is 13.9 Å². The fraction of sp³-hybridized carbons (Fsp3) is 0.750. The zero-order chi connectivity index (χ0) is 26.5. The van der Waals surface area contributed by atoms with E-state index in [-0.39, 0.29) is 16.7 Å². The van der Waals surface area contributed by atoms with Gasteiger partial charge in [-0.05, 0) is 117 Å². The summed E-state index contributed by atoms with van der Waals surface area (Å²) in [5.74, 6) is 9.27. The summed E-state index contributed by atoms with van der Waals surface area (Å²) in [7, 11) is -1.85. The Morgan fingerprint density at radius 2 is 1.92 bits per heavy atom. The molecule has 0 amide bonds. The lowest BCUT2D eigenvalue weighted by atomic mass is 9.53. The molecule has 5 heteroatoms. The minimum atomic E-state index is -1.85. The molecular formula is C32H48O4Si. The Morgan fingerprint density at radius 1 is 1.11 bits per heavy atom. The number of hydrogen-bond acceptors (Lipinski definition) is 4. The molecule has 1 unspecified atom stereocenters. The van der Waals surface area contributed by atoms with Crippen molar-refractivity contribution in [1.29, 1.82) is 0 Å². The summed E-state index contributed by atoms with van der Waals surface area (Å²) in [6, 6.07) is 6.93. The van der Waals surface area contributed by atoms with Gasteiger partial charge in [-0.1, -0.05) is 45.6 Å². The summed E-state index contributed by atoms with van der Waals surface area (Å²) in [4.78, 5) is 0. The molecule has 5 rings (SSSR count). The minimum absolute atomic E-state index is 0.129. The molecule has 3 fully saturated rings. The van der Waals surface area contributed by atoms with Crippen molar-refractivity contribution < 1.29 is 19.0 Å². The first-order valence-corrected chi connectivity index (χ1v) is 17.6. The van der Waals surface area contributed by atoms with Gasteiger partial charge in [0.15, 0.2) is 6.29 Å². The third-order valence-corrected chi connectivity index (χ3v) is 15.2. The van der Waals surface area contributed by atoms with Crippen LogP contribution in [-0.2, 0) is 15.9 Å². The van der Waals surface area contributed by atoms with Crippen LogP contribution in [0.1, 0.15) is 96.1 Å². The van der Waals surface area contributed by atoms with Gasteiger partial charge in [-0.2, -0.15) is 0 Å². The van der Waals surface area contributed by atoms with Gasteiger partial charge in [0.05, 0.1) is 0 Å². The molecule has 3 aliphatic carbocycles. The third kappa shape index (κ3) is 5.04. The zero-order valence-corrected chi connectivity index (χ0v) is 25.0. The Balaban J connectivity index is 1.28. The lowest BCUT2D eigenvalue weighted by molar-refractivity contribution is -0.154. The topological polar surface area (TPSA) is 47.9 Å². The predicted octanol–water partition coefficient (Wildman–Crippen LogP) is 7.20. The van der Waals surface area contributed by atoms with Crippen molar-refractivity contribution in [2.24, 2.45) is 17.3 Å². The van der Waals surface area contributed by atoms with E-state index in [0.717, 1.165) is 63.7 Å². The molecular weight excluding hydrogens is 476 g/mol. The Hall–Kier alpha value is -1.32. The Kier molecular flexibility index (Phi) is 7.37. The molecule has 0 bridgehead atoms. The van der Waals surface area contributed by atoms with Gasteiger partial charge in [0, 0.05) is 12.0 Å². The van der Waals surface area contributed by atoms with Gasteiger partial charge >= 0.3 is 0 Å². The van der Waals surface area contributed by atoms with E-state index in [1.54, 1.807) is 0 Å². The highest BCUT2D eigenvalue weighted by Gasteiger charge is 2.61. The average molecular weight is 525 g/mol. The number of fused-ring (bicyclic) bond motifs is 5. The number of benzene rings is 1. The molecule has 4 aliphatic rings. The normalized spacial score (nSPS) is 35.5. The molecule has 6 atom stereocenters. The van der Waals surface area contributed by atoms with E-state index in [0.29, 0.717) is 24.4 Å². The van der Waals surface area contributed by atoms with E-state index < -0.39 is 13.9 Å². The van der Waals surface area contributed by atoms with E-state index >= 15 is 0 Å². The van der Waals surface area contributed by atoms with Gasteiger partial charge in [0.2, 0.25) is 8.32 Å². The van der Waals surface area contributed by atoms with Crippen molar-refractivity contribution in [2.75, 3.05) is 13.2 Å². The highest BCUT2D eigenvalue weighted by Crippen LogP contribution is 2.64. The molecule has 4 nitrogen and oxygen atoms in total. The van der Waals surface area contributed by atoms with E-state index in [2.05, 4.69) is 70.8 Å². The quantitative estimate of drug-likeness (QED) is 0.334. The Morgan fingerprint density at radius 3 is 2.65 bits per heavy atom. The highest BCUT2D eigenvalue weighted by molar-refractivity contribution is 6.74. The highest BCUT2D eigenvalue weighted by atomic mass is 28.4. The second-order valence-electron chi connectivity index (χ2n) is 13.9. The van der Waals surface area contributed by atoms with Crippen molar-refractivity contribution in [3.05, 3.63) is 29.3 Å². The smallest absolute Gasteiger partial charge is 0.250 e. The number of rotatable bonds is 4.